The first kappa shape index (κ1) is 29.9. The normalized spacial score (nSPS) is 12.1. The van der Waals surface area contributed by atoms with Gasteiger partial charge in [-0.15, -0.1) is 0 Å². The Hall–Kier alpha value is -3.31. The maximum Gasteiger partial charge on any atom is 0.415 e. The van der Waals surface area contributed by atoms with Gasteiger partial charge in [0, 0.05) is 26.2 Å². The summed E-state index contributed by atoms with van der Waals surface area (Å²) in [6.45, 7) is 2.67. The Morgan fingerprint density at radius 3 is 2.38 bits per heavy atom. The minimum Gasteiger partial charge on any atom is -0.492 e. The highest BCUT2D eigenvalue weighted by Crippen LogP contribution is 2.17. The largest absolute Gasteiger partial charge is 0.492 e. The van der Waals surface area contributed by atoms with Crippen LogP contribution in [0.3, 0.4) is 0 Å². The molecule has 0 aromatic heterocycles. The van der Waals surface area contributed by atoms with Gasteiger partial charge in [-0.1, -0.05) is 24.3 Å². The summed E-state index contributed by atoms with van der Waals surface area (Å²) in [5.74, 6) is -0.178. The summed E-state index contributed by atoms with van der Waals surface area (Å²) in [6, 6.07) is 13.7. The Morgan fingerprint density at radius 2 is 1.76 bits per heavy atom. The number of carboxylic acid groups (broad SMARTS) is 1. The molecule has 11 heteroatoms. The molecule has 1 amide bonds. The lowest BCUT2D eigenvalue weighted by atomic mass is 10.1. The second kappa shape index (κ2) is 15.1. The van der Waals surface area contributed by atoms with Gasteiger partial charge in [-0.3, -0.25) is 0 Å². The standard InChI is InChI=1S/C26H32F3NO7/c1-3-35-23(24(31)32)17-20-8-10-21(11-9-20)36-15-13-30(12-5-14-34-18-26(27,28)29)25(33)37-22-7-4-6-19(2)16-22/h4,6-11,16,23H,3,5,12-15,17-18H2,1-2H3,(H,31,32). The van der Waals surface area contributed by atoms with E-state index in [1.54, 1.807) is 49.4 Å². The number of carboxylic acids is 1. The number of nitrogens with zero attached hydrogens (tertiary/aromatic N) is 1. The first-order valence-corrected chi connectivity index (χ1v) is 11.8. The van der Waals surface area contributed by atoms with Crippen LogP contribution in [0.4, 0.5) is 18.0 Å². The number of amides is 1. The van der Waals surface area contributed by atoms with Gasteiger partial charge in [0.15, 0.2) is 6.10 Å². The quantitative estimate of drug-likeness (QED) is 0.330. The summed E-state index contributed by atoms with van der Waals surface area (Å²) in [5.41, 5.74) is 1.66. The second-order valence-electron chi connectivity index (χ2n) is 8.17. The fourth-order valence-corrected chi connectivity index (χ4v) is 3.31. The van der Waals surface area contributed by atoms with Gasteiger partial charge in [0.1, 0.15) is 24.7 Å². The van der Waals surface area contributed by atoms with Crippen molar-refractivity contribution in [2.24, 2.45) is 0 Å². The predicted molar refractivity (Wildman–Crippen MR) is 129 cm³/mol. The first-order valence-electron chi connectivity index (χ1n) is 11.8. The maximum absolute atomic E-state index is 12.7. The Morgan fingerprint density at radius 1 is 1.03 bits per heavy atom. The van der Waals surface area contributed by atoms with Gasteiger partial charge in [0.2, 0.25) is 0 Å². The van der Waals surface area contributed by atoms with Crippen LogP contribution in [0.5, 0.6) is 11.5 Å². The van der Waals surface area contributed by atoms with Crippen molar-refractivity contribution in [3.8, 4) is 11.5 Å². The zero-order chi connectivity index (χ0) is 27.3. The highest BCUT2D eigenvalue weighted by atomic mass is 19.4. The van der Waals surface area contributed by atoms with E-state index < -0.39 is 30.9 Å². The number of ether oxygens (including phenoxy) is 4. The molecule has 1 N–H and O–H groups in total. The molecule has 8 nitrogen and oxygen atoms in total. The van der Waals surface area contributed by atoms with Crippen molar-refractivity contribution in [3.63, 3.8) is 0 Å². The molecule has 0 aliphatic rings. The van der Waals surface area contributed by atoms with Crippen LogP contribution in [0.2, 0.25) is 0 Å². The van der Waals surface area contributed by atoms with Crippen LogP contribution >= 0.6 is 0 Å². The van der Waals surface area contributed by atoms with E-state index in [1.807, 2.05) is 13.0 Å². The molecule has 0 fully saturated rings. The van der Waals surface area contributed by atoms with Crippen molar-refractivity contribution in [2.45, 2.75) is 39.0 Å². The number of rotatable bonds is 15. The molecule has 37 heavy (non-hydrogen) atoms. The van der Waals surface area contributed by atoms with Gasteiger partial charge in [-0.2, -0.15) is 13.2 Å². The summed E-state index contributed by atoms with van der Waals surface area (Å²) in [6.07, 6.45) is -5.62. The first-order chi connectivity index (χ1) is 17.6. The third kappa shape index (κ3) is 12.0. The van der Waals surface area contributed by atoms with Crippen LogP contribution in [-0.2, 0) is 20.7 Å². The molecule has 0 spiro atoms. The van der Waals surface area contributed by atoms with E-state index in [-0.39, 0.29) is 45.8 Å². The lowest BCUT2D eigenvalue weighted by Gasteiger charge is -2.22. The van der Waals surface area contributed by atoms with Gasteiger partial charge in [-0.05, 0) is 55.7 Å². The lowest BCUT2D eigenvalue weighted by molar-refractivity contribution is -0.174. The Balaban J connectivity index is 1.91. The topological polar surface area (TPSA) is 94.5 Å². The molecule has 0 aliphatic heterocycles. The van der Waals surface area contributed by atoms with Crippen LogP contribution in [0.1, 0.15) is 24.5 Å². The molecule has 0 heterocycles. The minimum atomic E-state index is -4.41. The Kier molecular flexibility index (Phi) is 12.2. The van der Waals surface area contributed by atoms with Gasteiger partial charge in [0.25, 0.3) is 0 Å². The zero-order valence-corrected chi connectivity index (χ0v) is 20.8. The molecule has 0 bridgehead atoms. The van der Waals surface area contributed by atoms with Crippen molar-refractivity contribution in [1.29, 1.82) is 0 Å². The van der Waals surface area contributed by atoms with Crippen LogP contribution in [0, 0.1) is 6.92 Å². The van der Waals surface area contributed by atoms with Crippen LogP contribution in [0.15, 0.2) is 48.5 Å². The van der Waals surface area contributed by atoms with Gasteiger partial charge >= 0.3 is 18.2 Å². The van der Waals surface area contributed by atoms with Crippen LogP contribution in [-0.4, -0.2) is 73.9 Å². The molecule has 0 saturated carbocycles. The molecule has 0 aliphatic carbocycles. The Labute approximate surface area is 213 Å². The number of benzene rings is 2. The zero-order valence-electron chi connectivity index (χ0n) is 20.8. The summed E-state index contributed by atoms with van der Waals surface area (Å²) >= 11 is 0. The van der Waals surface area contributed by atoms with Crippen molar-refractivity contribution < 1.29 is 46.8 Å². The molecule has 204 valence electrons. The van der Waals surface area contributed by atoms with Crippen LogP contribution < -0.4 is 9.47 Å². The number of carbonyl (C=O) groups is 2. The number of aryl methyl sites for hydroxylation is 1. The summed E-state index contributed by atoms with van der Waals surface area (Å²) < 4.78 is 57.8. The van der Waals surface area contributed by atoms with Crippen molar-refractivity contribution in [1.82, 2.24) is 4.90 Å². The number of aliphatic carboxylic acids is 1. The van der Waals surface area contributed by atoms with Crippen molar-refractivity contribution >= 4 is 12.1 Å². The number of hydrogen-bond donors (Lipinski definition) is 1. The average Bonchev–Trinajstić information content (AvgIpc) is 2.82. The van der Waals surface area contributed by atoms with E-state index in [4.69, 9.17) is 14.2 Å². The smallest absolute Gasteiger partial charge is 0.415 e. The number of halogens is 3. The lowest BCUT2D eigenvalue weighted by Crippen LogP contribution is -2.38. The SMILES string of the molecule is CCOC(Cc1ccc(OCCN(CCCOCC(F)(F)F)C(=O)Oc2cccc(C)c2)cc1)C(=O)O. The van der Waals surface area contributed by atoms with E-state index in [9.17, 15) is 27.9 Å². The van der Waals surface area contributed by atoms with E-state index in [0.717, 1.165) is 11.1 Å². The third-order valence-corrected chi connectivity index (χ3v) is 5.05. The molecule has 2 aromatic carbocycles. The Bertz CT molecular complexity index is 983. The fraction of sp³-hybridized carbons (Fsp3) is 0.462. The fourth-order valence-electron chi connectivity index (χ4n) is 3.31. The van der Waals surface area contributed by atoms with Crippen molar-refractivity contribution in [3.05, 3.63) is 59.7 Å². The third-order valence-electron chi connectivity index (χ3n) is 5.05. The monoisotopic (exact) mass is 527 g/mol. The van der Waals surface area contributed by atoms with Crippen molar-refractivity contribution in [2.75, 3.05) is 39.5 Å². The molecule has 0 radical (unpaired) electrons. The highest BCUT2D eigenvalue weighted by molar-refractivity contribution is 5.72. The highest BCUT2D eigenvalue weighted by Gasteiger charge is 2.27. The van der Waals surface area contributed by atoms with E-state index in [1.165, 1.54) is 4.90 Å². The molecular weight excluding hydrogens is 495 g/mol. The molecule has 2 rings (SSSR count). The molecule has 1 atom stereocenters. The minimum absolute atomic E-state index is 0.0996. The molecule has 2 aromatic rings. The average molecular weight is 528 g/mol. The maximum atomic E-state index is 12.7. The molecule has 1 unspecified atom stereocenters. The van der Waals surface area contributed by atoms with Crippen LogP contribution in [0.25, 0.3) is 0 Å². The molecular formula is C26H32F3NO7. The van der Waals surface area contributed by atoms with Gasteiger partial charge in [-0.25, -0.2) is 9.59 Å². The van der Waals surface area contributed by atoms with E-state index in [0.29, 0.717) is 11.5 Å². The van der Waals surface area contributed by atoms with E-state index >= 15 is 0 Å². The number of hydrogen-bond acceptors (Lipinski definition) is 6. The second-order valence-corrected chi connectivity index (χ2v) is 8.17. The number of alkyl halides is 3. The van der Waals surface area contributed by atoms with Gasteiger partial charge in [0.05, 0.1) is 6.54 Å². The number of carbonyl (C=O) groups excluding carboxylic acids is 1. The predicted octanol–water partition coefficient (Wildman–Crippen LogP) is 4.88. The van der Waals surface area contributed by atoms with Gasteiger partial charge < -0.3 is 29.0 Å². The molecule has 0 saturated heterocycles. The summed E-state index contributed by atoms with van der Waals surface area (Å²) in [5, 5.41) is 9.22. The van der Waals surface area contributed by atoms with E-state index in [2.05, 4.69) is 4.74 Å². The summed E-state index contributed by atoms with van der Waals surface area (Å²) in [4.78, 5) is 25.3. The summed E-state index contributed by atoms with van der Waals surface area (Å²) in [7, 11) is 0.